The highest BCUT2D eigenvalue weighted by Crippen LogP contribution is 2.27. The van der Waals surface area contributed by atoms with E-state index in [0.29, 0.717) is 5.56 Å². The molecular formula is C10H13F2NO. The van der Waals surface area contributed by atoms with Crippen LogP contribution < -0.4 is 5.73 Å². The minimum atomic E-state index is -2.45. The van der Waals surface area contributed by atoms with Gasteiger partial charge >= 0.3 is 0 Å². The maximum atomic E-state index is 12.0. The Morgan fingerprint density at radius 1 is 1.43 bits per heavy atom. The van der Waals surface area contributed by atoms with Crippen LogP contribution in [0, 0.1) is 6.92 Å². The number of phenolic OH excluding ortho intramolecular Hbond substituents is 1. The third-order valence-corrected chi connectivity index (χ3v) is 2.01. The Labute approximate surface area is 81.4 Å². The molecule has 0 aliphatic heterocycles. The number of halogens is 2. The second kappa shape index (κ2) is 4.37. The summed E-state index contributed by atoms with van der Waals surface area (Å²) in [4.78, 5) is 0. The molecule has 0 aliphatic carbocycles. The molecule has 1 aromatic rings. The molecule has 0 fully saturated rings. The summed E-state index contributed by atoms with van der Waals surface area (Å²) in [5.74, 6) is -0.0243. The number of aryl methyl sites for hydroxylation is 1. The molecule has 3 N–H and O–H groups in total. The second-order valence-electron chi connectivity index (χ2n) is 3.30. The zero-order valence-corrected chi connectivity index (χ0v) is 7.87. The van der Waals surface area contributed by atoms with Gasteiger partial charge in [-0.1, -0.05) is 17.7 Å². The van der Waals surface area contributed by atoms with Crippen LogP contribution in [0.5, 0.6) is 5.75 Å². The largest absolute Gasteiger partial charge is 0.508 e. The Morgan fingerprint density at radius 2 is 2.07 bits per heavy atom. The van der Waals surface area contributed by atoms with Gasteiger partial charge in [0.05, 0.1) is 0 Å². The van der Waals surface area contributed by atoms with E-state index in [4.69, 9.17) is 5.73 Å². The minimum absolute atomic E-state index is 0.0243. The van der Waals surface area contributed by atoms with E-state index in [2.05, 4.69) is 0 Å². The first-order valence-corrected chi connectivity index (χ1v) is 4.34. The molecule has 4 heteroatoms. The quantitative estimate of drug-likeness (QED) is 0.788. The van der Waals surface area contributed by atoms with E-state index in [9.17, 15) is 13.9 Å². The Morgan fingerprint density at radius 3 is 2.64 bits per heavy atom. The van der Waals surface area contributed by atoms with E-state index in [0.717, 1.165) is 5.56 Å². The minimum Gasteiger partial charge on any atom is -0.508 e. The Balaban J connectivity index is 2.88. The first kappa shape index (κ1) is 10.9. The first-order valence-electron chi connectivity index (χ1n) is 4.34. The molecule has 0 spiro atoms. The van der Waals surface area contributed by atoms with Crippen molar-refractivity contribution in [3.05, 3.63) is 29.3 Å². The Bertz CT molecular complexity index is 315. The van der Waals surface area contributed by atoms with E-state index in [1.165, 1.54) is 6.07 Å². The van der Waals surface area contributed by atoms with Crippen molar-refractivity contribution in [3.63, 3.8) is 0 Å². The average molecular weight is 201 g/mol. The number of aromatic hydroxyl groups is 1. The Hall–Kier alpha value is -1.16. The van der Waals surface area contributed by atoms with Gasteiger partial charge in [0.1, 0.15) is 5.75 Å². The summed E-state index contributed by atoms with van der Waals surface area (Å²) < 4.78 is 24.1. The van der Waals surface area contributed by atoms with Crippen LogP contribution in [0.25, 0.3) is 0 Å². The molecule has 0 saturated carbocycles. The van der Waals surface area contributed by atoms with Gasteiger partial charge in [-0.15, -0.1) is 0 Å². The third-order valence-electron chi connectivity index (χ3n) is 2.01. The highest BCUT2D eigenvalue weighted by Gasteiger charge is 2.15. The number of alkyl halides is 2. The van der Waals surface area contributed by atoms with E-state index in [1.54, 1.807) is 12.1 Å². The Kier molecular flexibility index (Phi) is 3.41. The average Bonchev–Trinajstić information content (AvgIpc) is 2.08. The lowest BCUT2D eigenvalue weighted by Gasteiger charge is -2.13. The normalized spacial score (nSPS) is 13.2. The molecule has 0 aromatic heterocycles. The van der Waals surface area contributed by atoms with Gasteiger partial charge in [0, 0.05) is 18.0 Å². The van der Waals surface area contributed by atoms with Crippen LogP contribution in [0.2, 0.25) is 0 Å². The maximum absolute atomic E-state index is 12.0. The lowest BCUT2D eigenvalue weighted by molar-refractivity contribution is 0.128. The van der Waals surface area contributed by atoms with Crippen LogP contribution in [0.15, 0.2) is 18.2 Å². The van der Waals surface area contributed by atoms with Gasteiger partial charge in [-0.05, 0) is 13.0 Å². The lowest BCUT2D eigenvalue weighted by atomic mass is 10.0. The third kappa shape index (κ3) is 2.67. The van der Waals surface area contributed by atoms with Crippen molar-refractivity contribution in [2.75, 3.05) is 0 Å². The number of rotatable bonds is 3. The van der Waals surface area contributed by atoms with Crippen molar-refractivity contribution in [1.29, 1.82) is 0 Å². The SMILES string of the molecule is Cc1ccc(O)c([C@@H](N)CC(F)F)c1. The van der Waals surface area contributed by atoms with Crippen molar-refractivity contribution >= 4 is 0 Å². The van der Waals surface area contributed by atoms with Gasteiger partial charge in [-0.2, -0.15) is 0 Å². The van der Waals surface area contributed by atoms with Crippen molar-refractivity contribution < 1.29 is 13.9 Å². The number of benzene rings is 1. The number of phenols is 1. The maximum Gasteiger partial charge on any atom is 0.240 e. The molecule has 0 aliphatic rings. The van der Waals surface area contributed by atoms with Gasteiger partial charge < -0.3 is 10.8 Å². The molecule has 1 atom stereocenters. The number of hydrogen-bond acceptors (Lipinski definition) is 2. The molecule has 1 rings (SSSR count). The van der Waals surface area contributed by atoms with Gasteiger partial charge in [0.2, 0.25) is 6.43 Å². The summed E-state index contributed by atoms with van der Waals surface area (Å²) in [5, 5.41) is 9.39. The van der Waals surface area contributed by atoms with Crippen LogP contribution in [-0.4, -0.2) is 11.5 Å². The van der Waals surface area contributed by atoms with Crippen LogP contribution in [0.3, 0.4) is 0 Å². The molecule has 0 radical (unpaired) electrons. The molecule has 0 amide bonds. The standard InChI is InChI=1S/C10H13F2NO/c1-6-2-3-9(14)7(4-6)8(13)5-10(11)12/h2-4,8,10,14H,5,13H2,1H3/t8-/m0/s1. The molecule has 2 nitrogen and oxygen atoms in total. The van der Waals surface area contributed by atoms with Gasteiger partial charge in [0.25, 0.3) is 0 Å². The van der Waals surface area contributed by atoms with Crippen LogP contribution in [0.4, 0.5) is 8.78 Å². The predicted molar refractivity (Wildman–Crippen MR) is 50.4 cm³/mol. The van der Waals surface area contributed by atoms with E-state index in [1.807, 2.05) is 6.92 Å². The van der Waals surface area contributed by atoms with E-state index in [-0.39, 0.29) is 5.75 Å². The van der Waals surface area contributed by atoms with Crippen molar-refractivity contribution in [2.45, 2.75) is 25.8 Å². The van der Waals surface area contributed by atoms with Crippen molar-refractivity contribution in [2.24, 2.45) is 5.73 Å². The number of hydrogen-bond donors (Lipinski definition) is 2. The fourth-order valence-electron chi connectivity index (χ4n) is 1.29. The van der Waals surface area contributed by atoms with E-state index < -0.39 is 18.9 Å². The lowest BCUT2D eigenvalue weighted by Crippen LogP contribution is -2.14. The number of nitrogens with two attached hydrogens (primary N) is 1. The fraction of sp³-hybridized carbons (Fsp3) is 0.400. The molecule has 78 valence electrons. The summed E-state index contributed by atoms with van der Waals surface area (Å²) in [7, 11) is 0. The predicted octanol–water partition coefficient (Wildman–Crippen LogP) is 2.36. The van der Waals surface area contributed by atoms with Crippen LogP contribution in [-0.2, 0) is 0 Å². The van der Waals surface area contributed by atoms with Gasteiger partial charge in [-0.25, -0.2) is 8.78 Å². The molecule has 1 aromatic carbocycles. The highest BCUT2D eigenvalue weighted by atomic mass is 19.3. The van der Waals surface area contributed by atoms with Gasteiger partial charge in [0.15, 0.2) is 0 Å². The molecular weight excluding hydrogens is 188 g/mol. The zero-order valence-electron chi connectivity index (χ0n) is 7.87. The molecule has 0 heterocycles. The topological polar surface area (TPSA) is 46.2 Å². The summed E-state index contributed by atoms with van der Waals surface area (Å²) >= 11 is 0. The summed E-state index contributed by atoms with van der Waals surface area (Å²) in [6.45, 7) is 1.82. The van der Waals surface area contributed by atoms with Crippen LogP contribution >= 0.6 is 0 Å². The fourth-order valence-corrected chi connectivity index (χ4v) is 1.29. The van der Waals surface area contributed by atoms with Crippen molar-refractivity contribution in [3.8, 4) is 5.75 Å². The van der Waals surface area contributed by atoms with E-state index >= 15 is 0 Å². The monoisotopic (exact) mass is 201 g/mol. The van der Waals surface area contributed by atoms with Crippen LogP contribution in [0.1, 0.15) is 23.6 Å². The second-order valence-corrected chi connectivity index (χ2v) is 3.30. The molecule has 0 unspecified atom stereocenters. The molecule has 0 bridgehead atoms. The molecule has 14 heavy (non-hydrogen) atoms. The van der Waals surface area contributed by atoms with Crippen molar-refractivity contribution in [1.82, 2.24) is 0 Å². The van der Waals surface area contributed by atoms with Gasteiger partial charge in [-0.3, -0.25) is 0 Å². The summed E-state index contributed by atoms with van der Waals surface area (Å²) in [6, 6.07) is 3.99. The molecule has 0 saturated heterocycles. The summed E-state index contributed by atoms with van der Waals surface area (Å²) in [6.07, 6.45) is -2.89. The highest BCUT2D eigenvalue weighted by molar-refractivity contribution is 5.37. The first-order chi connectivity index (χ1) is 6.50. The smallest absolute Gasteiger partial charge is 0.240 e. The zero-order chi connectivity index (χ0) is 10.7. The summed E-state index contributed by atoms with van der Waals surface area (Å²) in [5.41, 5.74) is 6.80.